The van der Waals surface area contributed by atoms with Gasteiger partial charge in [0.2, 0.25) is 5.91 Å². The Labute approximate surface area is 200 Å². The van der Waals surface area contributed by atoms with Crippen molar-refractivity contribution in [3.63, 3.8) is 0 Å². The summed E-state index contributed by atoms with van der Waals surface area (Å²) in [5.74, 6) is 2.04. The average molecular weight is 468 g/mol. The third kappa shape index (κ3) is 4.21. The summed E-state index contributed by atoms with van der Waals surface area (Å²) in [6.45, 7) is 0.620. The van der Waals surface area contributed by atoms with Crippen LogP contribution in [0.5, 0.6) is 11.5 Å². The van der Waals surface area contributed by atoms with E-state index in [9.17, 15) is 14.4 Å². The maximum absolute atomic E-state index is 13.8. The minimum absolute atomic E-state index is 0.182. The Balaban J connectivity index is 1.29. The molecule has 1 unspecified atom stereocenters. The number of ether oxygens (including phenoxy) is 3. The first-order chi connectivity index (χ1) is 16.4. The van der Waals surface area contributed by atoms with Crippen molar-refractivity contribution in [2.24, 2.45) is 23.2 Å². The molecule has 7 heteroatoms. The normalized spacial score (nSPS) is 31.6. The van der Waals surface area contributed by atoms with E-state index in [1.807, 2.05) is 4.90 Å². The van der Waals surface area contributed by atoms with Crippen molar-refractivity contribution in [2.45, 2.75) is 57.4 Å². The van der Waals surface area contributed by atoms with Gasteiger partial charge in [-0.3, -0.25) is 4.79 Å². The third-order valence-electron chi connectivity index (χ3n) is 8.29. The SMILES string of the molecule is COC(=O)/C=C/c1ccc(OC(=O)C2CCCN2C(=O)C23CC4CC(CC(C4)C2)C3)c(OC)c1. The van der Waals surface area contributed by atoms with Crippen LogP contribution in [0.2, 0.25) is 0 Å². The predicted octanol–water partition coefficient (Wildman–Crippen LogP) is 3.99. The molecule has 7 nitrogen and oxygen atoms in total. The Morgan fingerprint density at radius 1 is 1.00 bits per heavy atom. The highest BCUT2D eigenvalue weighted by Gasteiger charge is 2.57. The van der Waals surface area contributed by atoms with E-state index in [0.717, 1.165) is 25.7 Å². The summed E-state index contributed by atoms with van der Waals surface area (Å²) in [5, 5.41) is 0. The van der Waals surface area contributed by atoms with E-state index in [4.69, 9.17) is 9.47 Å². The lowest BCUT2D eigenvalue weighted by Gasteiger charge is -2.56. The Kier molecular flexibility index (Phi) is 6.13. The average Bonchev–Trinajstić information content (AvgIpc) is 3.31. The van der Waals surface area contributed by atoms with Crippen molar-refractivity contribution in [2.75, 3.05) is 20.8 Å². The van der Waals surface area contributed by atoms with Gasteiger partial charge in [-0.2, -0.15) is 0 Å². The predicted molar refractivity (Wildman–Crippen MR) is 125 cm³/mol. The fourth-order valence-electron chi connectivity index (χ4n) is 7.21. The maximum atomic E-state index is 13.8. The maximum Gasteiger partial charge on any atom is 0.334 e. The molecule has 0 N–H and O–H groups in total. The minimum Gasteiger partial charge on any atom is -0.493 e. The number of benzene rings is 1. The van der Waals surface area contributed by atoms with E-state index in [-0.39, 0.29) is 11.3 Å². The van der Waals surface area contributed by atoms with Crippen molar-refractivity contribution in [1.82, 2.24) is 4.90 Å². The molecular weight excluding hydrogens is 434 g/mol. The third-order valence-corrected chi connectivity index (χ3v) is 8.29. The quantitative estimate of drug-likeness (QED) is 0.357. The molecule has 1 aliphatic heterocycles. The van der Waals surface area contributed by atoms with Crippen LogP contribution in [-0.2, 0) is 19.1 Å². The zero-order valence-corrected chi connectivity index (χ0v) is 20.0. The number of esters is 2. The van der Waals surface area contributed by atoms with Crippen LogP contribution >= 0.6 is 0 Å². The molecule has 5 fully saturated rings. The lowest BCUT2D eigenvalue weighted by Crippen LogP contribution is -2.56. The first kappa shape index (κ1) is 22.9. The number of nitrogens with zero attached hydrogens (tertiary/aromatic N) is 1. The molecule has 0 aromatic heterocycles. The van der Waals surface area contributed by atoms with E-state index >= 15 is 0 Å². The van der Waals surface area contributed by atoms with Crippen LogP contribution in [0.25, 0.3) is 6.08 Å². The summed E-state index contributed by atoms with van der Waals surface area (Å²) in [5.41, 5.74) is 0.449. The van der Waals surface area contributed by atoms with Crippen molar-refractivity contribution in [1.29, 1.82) is 0 Å². The van der Waals surface area contributed by atoms with Gasteiger partial charge < -0.3 is 19.1 Å². The van der Waals surface area contributed by atoms with E-state index in [1.165, 1.54) is 39.6 Å². The number of methoxy groups -OCH3 is 2. The lowest BCUT2D eigenvalue weighted by molar-refractivity contribution is -0.162. The molecule has 182 valence electrons. The van der Waals surface area contributed by atoms with Crippen LogP contribution in [0.15, 0.2) is 24.3 Å². The second-order valence-electron chi connectivity index (χ2n) is 10.5. The molecule has 5 aliphatic rings. The molecular formula is C27H33NO6. The molecule has 0 spiro atoms. The number of likely N-dealkylation sites (tertiary alicyclic amines) is 1. The van der Waals surface area contributed by atoms with Crippen LogP contribution in [0.4, 0.5) is 0 Å². The summed E-state index contributed by atoms with van der Waals surface area (Å²) >= 11 is 0. The first-order valence-electron chi connectivity index (χ1n) is 12.4. The summed E-state index contributed by atoms with van der Waals surface area (Å²) < 4.78 is 15.8. The molecule has 1 atom stereocenters. The van der Waals surface area contributed by atoms with E-state index in [2.05, 4.69) is 4.74 Å². The zero-order chi connectivity index (χ0) is 23.9. The van der Waals surface area contributed by atoms with Crippen molar-refractivity contribution >= 4 is 23.9 Å². The van der Waals surface area contributed by atoms with E-state index in [0.29, 0.717) is 47.8 Å². The van der Waals surface area contributed by atoms with E-state index < -0.39 is 18.0 Å². The van der Waals surface area contributed by atoms with Gasteiger partial charge in [-0.15, -0.1) is 0 Å². The summed E-state index contributed by atoms with van der Waals surface area (Å²) in [6.07, 6.45) is 11.2. The van der Waals surface area contributed by atoms with Gasteiger partial charge in [0.1, 0.15) is 6.04 Å². The van der Waals surface area contributed by atoms with Crippen molar-refractivity contribution < 1.29 is 28.6 Å². The van der Waals surface area contributed by atoms with Crippen LogP contribution in [0, 0.1) is 23.2 Å². The molecule has 1 saturated heterocycles. The highest BCUT2D eigenvalue weighted by molar-refractivity contribution is 5.90. The molecule has 1 aromatic carbocycles. The Morgan fingerprint density at radius 2 is 1.68 bits per heavy atom. The lowest BCUT2D eigenvalue weighted by atomic mass is 9.49. The Bertz CT molecular complexity index is 979. The van der Waals surface area contributed by atoms with Gasteiger partial charge in [-0.1, -0.05) is 6.07 Å². The first-order valence-corrected chi connectivity index (χ1v) is 12.4. The highest BCUT2D eigenvalue weighted by Crippen LogP contribution is 2.60. The molecule has 4 bridgehead atoms. The summed E-state index contributed by atoms with van der Waals surface area (Å²) in [6, 6.07) is 4.52. The van der Waals surface area contributed by atoms with Crippen LogP contribution in [0.3, 0.4) is 0 Å². The fraction of sp³-hybridized carbons (Fsp3) is 0.593. The van der Waals surface area contributed by atoms with Gasteiger partial charge in [-0.05, 0) is 92.9 Å². The smallest absolute Gasteiger partial charge is 0.334 e. The molecule has 6 rings (SSSR count). The van der Waals surface area contributed by atoms with Crippen LogP contribution in [-0.4, -0.2) is 49.6 Å². The monoisotopic (exact) mass is 467 g/mol. The van der Waals surface area contributed by atoms with Crippen LogP contribution < -0.4 is 9.47 Å². The standard InChI is InChI=1S/C27H33NO6/c1-32-23-13-17(6-8-24(29)33-2)5-7-22(23)34-25(30)21-4-3-9-28(21)26(31)27-14-18-10-19(15-27)12-20(11-18)16-27/h5-8,13,18-21H,3-4,9-12,14-16H2,1-2H3/b8-6+. The van der Waals surface area contributed by atoms with Gasteiger partial charge in [0, 0.05) is 12.6 Å². The number of amides is 1. The number of carbonyl (C=O) groups excluding carboxylic acids is 3. The summed E-state index contributed by atoms with van der Waals surface area (Å²) in [4.78, 5) is 40.2. The molecule has 1 amide bonds. The van der Waals surface area contributed by atoms with Crippen molar-refractivity contribution in [3.8, 4) is 11.5 Å². The highest BCUT2D eigenvalue weighted by atomic mass is 16.6. The van der Waals surface area contributed by atoms with E-state index in [1.54, 1.807) is 24.3 Å². The minimum atomic E-state index is -0.552. The van der Waals surface area contributed by atoms with Crippen molar-refractivity contribution in [3.05, 3.63) is 29.8 Å². The van der Waals surface area contributed by atoms with Gasteiger partial charge in [0.05, 0.1) is 19.6 Å². The fourth-order valence-corrected chi connectivity index (χ4v) is 7.21. The van der Waals surface area contributed by atoms with Crippen LogP contribution in [0.1, 0.15) is 56.9 Å². The summed E-state index contributed by atoms with van der Waals surface area (Å²) in [7, 11) is 2.81. The Hall–Kier alpha value is -2.83. The number of rotatable bonds is 6. The second kappa shape index (κ2) is 9.08. The largest absolute Gasteiger partial charge is 0.493 e. The molecule has 34 heavy (non-hydrogen) atoms. The number of carbonyl (C=O) groups is 3. The van der Waals surface area contributed by atoms with Gasteiger partial charge in [0.15, 0.2) is 11.5 Å². The zero-order valence-electron chi connectivity index (χ0n) is 20.0. The molecule has 0 radical (unpaired) electrons. The Morgan fingerprint density at radius 3 is 2.29 bits per heavy atom. The second-order valence-corrected chi connectivity index (χ2v) is 10.5. The molecule has 4 saturated carbocycles. The molecule has 1 heterocycles. The molecule has 4 aliphatic carbocycles. The number of hydrogen-bond acceptors (Lipinski definition) is 6. The number of hydrogen-bond donors (Lipinski definition) is 0. The van der Waals surface area contributed by atoms with Gasteiger partial charge >= 0.3 is 11.9 Å². The molecule has 1 aromatic rings. The van der Waals surface area contributed by atoms with Gasteiger partial charge in [0.25, 0.3) is 0 Å². The topological polar surface area (TPSA) is 82.1 Å². The van der Waals surface area contributed by atoms with Gasteiger partial charge in [-0.25, -0.2) is 9.59 Å².